The molecule has 22 heavy (non-hydrogen) atoms. The van der Waals surface area contributed by atoms with Gasteiger partial charge in [0.05, 0.1) is 0 Å². The van der Waals surface area contributed by atoms with Gasteiger partial charge in [0.2, 0.25) is 0 Å². The predicted octanol–water partition coefficient (Wildman–Crippen LogP) is 5.96. The van der Waals surface area contributed by atoms with Gasteiger partial charge in [-0.3, -0.25) is 0 Å². The fourth-order valence-corrected chi connectivity index (χ4v) is 4.96. The lowest BCUT2D eigenvalue weighted by Crippen LogP contribution is -2.46. The second-order valence-corrected chi connectivity index (χ2v) is 8.83. The first kappa shape index (κ1) is 22.1. The Bertz CT molecular complexity index is 198. The Morgan fingerprint density at radius 1 is 0.500 bits per heavy atom. The minimum absolute atomic E-state index is 0.786. The summed E-state index contributed by atoms with van der Waals surface area (Å²) in [5.74, 6) is 0. The van der Waals surface area contributed by atoms with Gasteiger partial charge in [-0.2, -0.15) is 0 Å². The van der Waals surface area contributed by atoms with E-state index >= 15 is 0 Å². The molecule has 0 aromatic heterocycles. The molecule has 0 saturated heterocycles. The minimum Gasteiger partial charge on any atom is -0.373 e. The van der Waals surface area contributed by atoms with Gasteiger partial charge in [0, 0.05) is 25.9 Å². The quantitative estimate of drug-likeness (QED) is 0.243. The Hall–Kier alpha value is 0.0969. The Balaban J connectivity index is 4.53. The van der Waals surface area contributed by atoms with Crippen LogP contribution in [0.5, 0.6) is 0 Å². The zero-order valence-electron chi connectivity index (χ0n) is 15.6. The zero-order valence-corrected chi connectivity index (χ0v) is 16.6. The Morgan fingerprint density at radius 2 is 0.909 bits per heavy atom. The summed E-state index contributed by atoms with van der Waals surface area (Å²) < 4.78 is 18.7. The summed E-state index contributed by atoms with van der Waals surface area (Å²) >= 11 is 0. The molecule has 0 aliphatic carbocycles. The van der Waals surface area contributed by atoms with Crippen molar-refractivity contribution in [1.29, 1.82) is 0 Å². The SMILES string of the molecule is CCCCCC[Si](OCCCC)(OCCCC)OCCCC. The first-order valence-electron chi connectivity index (χ1n) is 9.66. The predicted molar refractivity (Wildman–Crippen MR) is 97.3 cm³/mol. The van der Waals surface area contributed by atoms with Gasteiger partial charge in [0.1, 0.15) is 0 Å². The van der Waals surface area contributed by atoms with Crippen LogP contribution in [0.4, 0.5) is 0 Å². The molecule has 0 unspecified atom stereocenters. The smallest absolute Gasteiger partial charge is 0.373 e. The van der Waals surface area contributed by atoms with E-state index in [2.05, 4.69) is 27.7 Å². The van der Waals surface area contributed by atoms with Crippen LogP contribution in [0.25, 0.3) is 0 Å². The van der Waals surface area contributed by atoms with Gasteiger partial charge < -0.3 is 13.3 Å². The largest absolute Gasteiger partial charge is 0.500 e. The standard InChI is InChI=1S/C18H40O3Si/c1-5-9-13-14-18-22(19-15-10-6-2,20-16-11-7-3)21-17-12-8-4/h5-18H2,1-4H3. The van der Waals surface area contributed by atoms with E-state index in [-0.39, 0.29) is 0 Å². The van der Waals surface area contributed by atoms with E-state index in [1.54, 1.807) is 0 Å². The Labute approximate surface area is 140 Å². The van der Waals surface area contributed by atoms with Crippen molar-refractivity contribution in [1.82, 2.24) is 0 Å². The number of rotatable bonds is 17. The van der Waals surface area contributed by atoms with E-state index < -0.39 is 8.80 Å². The van der Waals surface area contributed by atoms with Crippen molar-refractivity contribution in [2.75, 3.05) is 19.8 Å². The van der Waals surface area contributed by atoms with Crippen LogP contribution in [0.1, 0.15) is 91.9 Å². The highest BCUT2D eigenvalue weighted by Crippen LogP contribution is 2.22. The maximum Gasteiger partial charge on any atom is 0.500 e. The van der Waals surface area contributed by atoms with Crippen molar-refractivity contribution in [3.8, 4) is 0 Å². The molecule has 0 fully saturated rings. The molecule has 0 saturated carbocycles. The van der Waals surface area contributed by atoms with E-state index in [1.807, 2.05) is 0 Å². The number of unbranched alkanes of at least 4 members (excludes halogenated alkanes) is 6. The minimum atomic E-state index is -2.46. The molecular weight excluding hydrogens is 292 g/mol. The van der Waals surface area contributed by atoms with Gasteiger partial charge in [0.25, 0.3) is 0 Å². The van der Waals surface area contributed by atoms with Crippen LogP contribution in [0.3, 0.4) is 0 Å². The molecule has 4 heteroatoms. The lowest BCUT2D eigenvalue weighted by Gasteiger charge is -2.30. The molecule has 0 aliphatic heterocycles. The fourth-order valence-electron chi connectivity index (χ4n) is 2.23. The summed E-state index contributed by atoms with van der Waals surface area (Å²) in [4.78, 5) is 0. The molecule has 0 aliphatic rings. The highest BCUT2D eigenvalue weighted by molar-refractivity contribution is 6.60. The van der Waals surface area contributed by atoms with Crippen LogP contribution in [0.15, 0.2) is 0 Å². The maximum absolute atomic E-state index is 6.24. The molecule has 0 atom stereocenters. The fraction of sp³-hybridized carbons (Fsp3) is 1.00. The molecule has 134 valence electrons. The first-order chi connectivity index (χ1) is 10.7. The second kappa shape index (κ2) is 16.0. The van der Waals surface area contributed by atoms with Gasteiger partial charge in [-0.15, -0.1) is 0 Å². The molecule has 0 N–H and O–H groups in total. The molecule has 0 spiro atoms. The van der Waals surface area contributed by atoms with Crippen LogP contribution in [0.2, 0.25) is 6.04 Å². The van der Waals surface area contributed by atoms with Crippen molar-refractivity contribution in [2.45, 2.75) is 97.9 Å². The monoisotopic (exact) mass is 332 g/mol. The summed E-state index contributed by atoms with van der Waals surface area (Å²) in [6.45, 7) is 11.2. The van der Waals surface area contributed by atoms with Crippen LogP contribution in [-0.4, -0.2) is 28.6 Å². The topological polar surface area (TPSA) is 27.7 Å². The molecule has 0 heterocycles. The summed E-state index contributed by atoms with van der Waals surface area (Å²) in [6.07, 6.45) is 11.7. The summed E-state index contributed by atoms with van der Waals surface area (Å²) in [6, 6.07) is 0.990. The molecule has 0 amide bonds. The molecule has 0 radical (unpaired) electrons. The first-order valence-corrected chi connectivity index (χ1v) is 11.6. The number of hydrogen-bond acceptors (Lipinski definition) is 3. The van der Waals surface area contributed by atoms with Crippen molar-refractivity contribution in [3.63, 3.8) is 0 Å². The highest BCUT2D eigenvalue weighted by Gasteiger charge is 2.40. The summed E-state index contributed by atoms with van der Waals surface area (Å²) in [7, 11) is -2.46. The number of hydrogen-bond donors (Lipinski definition) is 0. The third kappa shape index (κ3) is 11.6. The van der Waals surface area contributed by atoms with Gasteiger partial charge in [-0.05, 0) is 25.7 Å². The van der Waals surface area contributed by atoms with Gasteiger partial charge in [-0.25, -0.2) is 0 Å². The molecule has 3 nitrogen and oxygen atoms in total. The summed E-state index contributed by atoms with van der Waals surface area (Å²) in [5.41, 5.74) is 0. The van der Waals surface area contributed by atoms with E-state index in [1.165, 1.54) is 25.7 Å². The average Bonchev–Trinajstić information content (AvgIpc) is 2.52. The van der Waals surface area contributed by atoms with Gasteiger partial charge in [-0.1, -0.05) is 66.2 Å². The van der Waals surface area contributed by atoms with Gasteiger partial charge in [0.15, 0.2) is 0 Å². The van der Waals surface area contributed by atoms with Crippen LogP contribution in [0, 0.1) is 0 Å². The van der Waals surface area contributed by atoms with Crippen LogP contribution >= 0.6 is 0 Å². The molecular formula is C18H40O3Si. The third-order valence-electron chi connectivity index (χ3n) is 3.80. The van der Waals surface area contributed by atoms with Crippen LogP contribution in [-0.2, 0) is 13.3 Å². The zero-order chi connectivity index (χ0) is 16.5. The highest BCUT2D eigenvalue weighted by atomic mass is 28.4. The van der Waals surface area contributed by atoms with Gasteiger partial charge >= 0.3 is 8.80 Å². The van der Waals surface area contributed by atoms with Crippen molar-refractivity contribution < 1.29 is 13.3 Å². The van der Waals surface area contributed by atoms with Crippen molar-refractivity contribution >= 4 is 8.80 Å². The van der Waals surface area contributed by atoms with E-state index in [0.717, 1.165) is 64.4 Å². The Kier molecular flexibility index (Phi) is 16.0. The van der Waals surface area contributed by atoms with E-state index in [9.17, 15) is 0 Å². The normalized spacial score (nSPS) is 12.0. The van der Waals surface area contributed by atoms with E-state index in [4.69, 9.17) is 13.3 Å². The lowest BCUT2D eigenvalue weighted by atomic mass is 10.2. The third-order valence-corrected chi connectivity index (χ3v) is 6.69. The van der Waals surface area contributed by atoms with Crippen LogP contribution < -0.4 is 0 Å². The molecule has 0 aromatic rings. The molecule has 0 aromatic carbocycles. The molecule has 0 bridgehead atoms. The second-order valence-electron chi connectivity index (χ2n) is 6.10. The Morgan fingerprint density at radius 3 is 1.27 bits per heavy atom. The van der Waals surface area contributed by atoms with Crippen molar-refractivity contribution in [3.05, 3.63) is 0 Å². The maximum atomic E-state index is 6.24. The van der Waals surface area contributed by atoms with Crippen molar-refractivity contribution in [2.24, 2.45) is 0 Å². The molecule has 0 rings (SSSR count). The van der Waals surface area contributed by atoms with E-state index in [0.29, 0.717) is 0 Å². The average molecular weight is 333 g/mol. The lowest BCUT2D eigenvalue weighted by molar-refractivity contribution is 0.0557. The summed E-state index contributed by atoms with van der Waals surface area (Å²) in [5, 5.41) is 0.